The lowest BCUT2D eigenvalue weighted by Gasteiger charge is -2.14. The van der Waals surface area contributed by atoms with Gasteiger partial charge in [-0.15, -0.1) is 0 Å². The minimum Gasteiger partial charge on any atom is -0.384 e. The molecular formula is C13H6Cl3F3O. The lowest BCUT2D eigenvalue weighted by molar-refractivity contribution is 0.218. The lowest BCUT2D eigenvalue weighted by atomic mass is 10.0. The van der Waals surface area contributed by atoms with Gasteiger partial charge in [0, 0.05) is 0 Å². The molecule has 0 aromatic heterocycles. The van der Waals surface area contributed by atoms with Gasteiger partial charge in [0.05, 0.1) is 15.1 Å². The molecule has 0 amide bonds. The van der Waals surface area contributed by atoms with Crippen molar-refractivity contribution in [3.8, 4) is 0 Å². The fourth-order valence-corrected chi connectivity index (χ4v) is 2.27. The molecule has 2 aromatic carbocycles. The minimum absolute atomic E-state index is 0.0799. The monoisotopic (exact) mass is 340 g/mol. The van der Waals surface area contributed by atoms with Crippen LogP contribution in [0.5, 0.6) is 0 Å². The van der Waals surface area contributed by atoms with Gasteiger partial charge in [-0.2, -0.15) is 0 Å². The predicted molar refractivity (Wildman–Crippen MR) is 71.8 cm³/mol. The van der Waals surface area contributed by atoms with Crippen LogP contribution in [0.2, 0.25) is 15.1 Å². The van der Waals surface area contributed by atoms with Crippen molar-refractivity contribution in [3.63, 3.8) is 0 Å². The summed E-state index contributed by atoms with van der Waals surface area (Å²) in [7, 11) is 0. The predicted octanol–water partition coefficient (Wildman–Crippen LogP) is 5.15. The van der Waals surface area contributed by atoms with Crippen LogP contribution < -0.4 is 0 Å². The Hall–Kier alpha value is -0.940. The standard InChI is InChI=1S/C13H6Cl3F3O/c14-7-1-5(2-8(15)11(7)16)13(20)6-3-9(17)12(19)10(18)4-6/h1-4,13,20H. The molecular weight excluding hydrogens is 335 g/mol. The number of halogens is 6. The molecule has 1 unspecified atom stereocenters. The zero-order valence-corrected chi connectivity index (χ0v) is 11.9. The van der Waals surface area contributed by atoms with Crippen LogP contribution in [0.1, 0.15) is 17.2 Å². The highest BCUT2D eigenvalue weighted by molar-refractivity contribution is 6.48. The summed E-state index contributed by atoms with van der Waals surface area (Å²) in [4.78, 5) is 0. The molecule has 0 bridgehead atoms. The van der Waals surface area contributed by atoms with Gasteiger partial charge in [-0.1, -0.05) is 34.8 Å². The van der Waals surface area contributed by atoms with Crippen molar-refractivity contribution >= 4 is 34.8 Å². The second kappa shape index (κ2) is 5.82. The van der Waals surface area contributed by atoms with Gasteiger partial charge in [0.1, 0.15) is 6.10 Å². The van der Waals surface area contributed by atoms with Gasteiger partial charge >= 0.3 is 0 Å². The summed E-state index contributed by atoms with van der Waals surface area (Å²) in [5.74, 6) is -4.40. The van der Waals surface area contributed by atoms with Crippen LogP contribution in [-0.4, -0.2) is 5.11 Å². The highest BCUT2D eigenvalue weighted by Crippen LogP contribution is 2.35. The van der Waals surface area contributed by atoms with Crippen LogP contribution >= 0.6 is 34.8 Å². The third kappa shape index (κ3) is 2.88. The van der Waals surface area contributed by atoms with Gasteiger partial charge in [0.15, 0.2) is 17.5 Å². The molecule has 1 N–H and O–H groups in total. The normalized spacial score (nSPS) is 12.6. The van der Waals surface area contributed by atoms with Crippen molar-refractivity contribution in [2.24, 2.45) is 0 Å². The second-order valence-corrected chi connectivity index (χ2v) is 5.19. The summed E-state index contributed by atoms with van der Waals surface area (Å²) in [5, 5.41) is 10.3. The molecule has 0 spiro atoms. The summed E-state index contributed by atoms with van der Waals surface area (Å²) in [6, 6.07) is 4.00. The first-order valence-electron chi connectivity index (χ1n) is 5.28. The van der Waals surface area contributed by atoms with Gasteiger partial charge in [-0.05, 0) is 35.4 Å². The Labute approximate surface area is 127 Å². The van der Waals surface area contributed by atoms with E-state index in [0.29, 0.717) is 12.1 Å². The SMILES string of the molecule is OC(c1cc(F)c(F)c(F)c1)c1cc(Cl)c(Cl)c(Cl)c1. The Kier molecular flexibility index (Phi) is 4.49. The minimum atomic E-state index is -1.60. The maximum absolute atomic E-state index is 13.1. The summed E-state index contributed by atoms with van der Waals surface area (Å²) >= 11 is 17.4. The smallest absolute Gasteiger partial charge is 0.194 e. The van der Waals surface area contributed by atoms with E-state index in [1.165, 1.54) is 12.1 Å². The number of rotatable bonds is 2. The van der Waals surface area contributed by atoms with E-state index >= 15 is 0 Å². The lowest BCUT2D eigenvalue weighted by Crippen LogP contribution is -2.03. The third-order valence-corrected chi connectivity index (χ3v) is 3.84. The molecule has 7 heteroatoms. The summed E-state index contributed by atoms with van der Waals surface area (Å²) in [5.41, 5.74) is 0.00524. The molecule has 20 heavy (non-hydrogen) atoms. The van der Waals surface area contributed by atoms with Crippen molar-refractivity contribution in [1.29, 1.82) is 0 Å². The molecule has 0 aliphatic heterocycles. The van der Waals surface area contributed by atoms with Crippen molar-refractivity contribution in [2.75, 3.05) is 0 Å². The van der Waals surface area contributed by atoms with E-state index in [1.807, 2.05) is 0 Å². The summed E-state index contributed by atoms with van der Waals surface area (Å²) in [6.07, 6.45) is -1.42. The fourth-order valence-electron chi connectivity index (χ4n) is 1.66. The molecule has 0 radical (unpaired) electrons. The van der Waals surface area contributed by atoms with E-state index in [9.17, 15) is 18.3 Å². The highest BCUT2D eigenvalue weighted by atomic mass is 35.5. The van der Waals surface area contributed by atoms with Crippen LogP contribution in [-0.2, 0) is 0 Å². The van der Waals surface area contributed by atoms with Gasteiger partial charge in [0.25, 0.3) is 0 Å². The van der Waals surface area contributed by atoms with Crippen LogP contribution in [0.25, 0.3) is 0 Å². The van der Waals surface area contributed by atoms with Crippen LogP contribution in [0.15, 0.2) is 24.3 Å². The Balaban J connectivity index is 2.49. The topological polar surface area (TPSA) is 20.2 Å². The number of hydrogen-bond acceptors (Lipinski definition) is 1. The molecule has 2 aromatic rings. The zero-order valence-electron chi connectivity index (χ0n) is 9.60. The molecule has 0 saturated carbocycles. The third-order valence-electron chi connectivity index (χ3n) is 2.64. The molecule has 0 saturated heterocycles. The molecule has 0 aliphatic carbocycles. The molecule has 0 aliphatic rings. The zero-order chi connectivity index (χ0) is 15.0. The number of hydrogen-bond donors (Lipinski definition) is 1. The number of benzene rings is 2. The highest BCUT2D eigenvalue weighted by Gasteiger charge is 2.19. The van der Waals surface area contributed by atoms with Crippen molar-refractivity contribution in [1.82, 2.24) is 0 Å². The Morgan fingerprint density at radius 3 is 1.65 bits per heavy atom. The van der Waals surface area contributed by atoms with Crippen molar-refractivity contribution in [3.05, 3.63) is 67.9 Å². The summed E-state index contributed by atoms with van der Waals surface area (Å²) in [6.45, 7) is 0. The summed E-state index contributed by atoms with van der Waals surface area (Å²) < 4.78 is 39.1. The number of aliphatic hydroxyl groups is 1. The quantitative estimate of drug-likeness (QED) is 0.749. The Bertz CT molecular complexity index is 572. The van der Waals surface area contributed by atoms with E-state index in [4.69, 9.17) is 34.8 Å². The maximum atomic E-state index is 13.1. The van der Waals surface area contributed by atoms with Crippen LogP contribution in [0, 0.1) is 17.5 Å². The van der Waals surface area contributed by atoms with E-state index < -0.39 is 23.6 Å². The molecule has 1 atom stereocenters. The first kappa shape index (κ1) is 15.4. The molecule has 1 nitrogen and oxygen atoms in total. The van der Waals surface area contributed by atoms with Gasteiger partial charge < -0.3 is 5.11 Å². The average molecular weight is 342 g/mol. The van der Waals surface area contributed by atoms with E-state index in [0.717, 1.165) is 0 Å². The molecule has 106 valence electrons. The fraction of sp³-hybridized carbons (Fsp3) is 0.0769. The van der Waals surface area contributed by atoms with Crippen LogP contribution in [0.3, 0.4) is 0 Å². The largest absolute Gasteiger partial charge is 0.384 e. The van der Waals surface area contributed by atoms with Crippen molar-refractivity contribution < 1.29 is 18.3 Å². The Morgan fingerprint density at radius 1 is 0.800 bits per heavy atom. The van der Waals surface area contributed by atoms with Crippen molar-refractivity contribution in [2.45, 2.75) is 6.10 Å². The van der Waals surface area contributed by atoms with Gasteiger partial charge in [-0.25, -0.2) is 13.2 Å². The molecule has 2 rings (SSSR count). The first-order valence-corrected chi connectivity index (χ1v) is 6.41. The van der Waals surface area contributed by atoms with Crippen LogP contribution in [0.4, 0.5) is 13.2 Å². The van der Waals surface area contributed by atoms with Gasteiger partial charge in [0.2, 0.25) is 0 Å². The molecule has 0 heterocycles. The first-order chi connectivity index (χ1) is 9.31. The van der Waals surface area contributed by atoms with E-state index in [1.54, 1.807) is 0 Å². The second-order valence-electron chi connectivity index (χ2n) is 4.00. The Morgan fingerprint density at radius 2 is 1.20 bits per heavy atom. The van der Waals surface area contributed by atoms with Gasteiger partial charge in [-0.3, -0.25) is 0 Å². The van der Waals surface area contributed by atoms with E-state index in [2.05, 4.69) is 0 Å². The average Bonchev–Trinajstić information content (AvgIpc) is 2.40. The number of aliphatic hydroxyl groups excluding tert-OH is 1. The van der Waals surface area contributed by atoms with E-state index in [-0.39, 0.29) is 26.2 Å². The maximum Gasteiger partial charge on any atom is 0.194 e. The molecule has 0 fully saturated rings.